The fourth-order valence-electron chi connectivity index (χ4n) is 2.89. The van der Waals surface area contributed by atoms with Gasteiger partial charge in [0.2, 0.25) is 0 Å². The van der Waals surface area contributed by atoms with E-state index < -0.39 is 8.07 Å². The molecule has 1 nitrogen and oxygen atoms in total. The Hall–Kier alpha value is -0.0182. The van der Waals surface area contributed by atoms with E-state index in [1.807, 2.05) is 0 Å². The van der Waals surface area contributed by atoms with Crippen LogP contribution in [0.15, 0.2) is 11.7 Å². The Morgan fingerprint density at radius 3 is 2.25 bits per heavy atom. The van der Waals surface area contributed by atoms with Gasteiger partial charge in [-0.15, -0.1) is 5.70 Å². The fourth-order valence-corrected chi connectivity index (χ4v) is 3.66. The maximum Gasteiger partial charge on any atom is 0.322 e. The van der Waals surface area contributed by atoms with Crippen LogP contribution in [0.4, 0.5) is 0 Å². The van der Waals surface area contributed by atoms with E-state index in [1.165, 1.54) is 38.5 Å². The Bertz CT molecular complexity index is 249. The highest BCUT2D eigenvalue weighted by Gasteiger charge is 2.33. The largest absolute Gasteiger partial charge is 0.428 e. The molecule has 2 rings (SSSR count). The molecule has 16 heavy (non-hydrogen) atoms. The van der Waals surface area contributed by atoms with Gasteiger partial charge >= 0.3 is 6.92 Å². The summed E-state index contributed by atoms with van der Waals surface area (Å²) in [4.78, 5) is 0. The Kier molecular flexibility index (Phi) is 3.96. The summed E-state index contributed by atoms with van der Waals surface area (Å²) in [5, 5.41) is 0. The van der Waals surface area contributed by atoms with Gasteiger partial charge in [0.15, 0.2) is 0 Å². The van der Waals surface area contributed by atoms with Crippen LogP contribution in [0.1, 0.15) is 38.5 Å². The first-order valence-corrected chi connectivity index (χ1v) is 10.5. The van der Waals surface area contributed by atoms with Crippen LogP contribution in [0.3, 0.4) is 0 Å². The van der Waals surface area contributed by atoms with Gasteiger partial charge in [-0.3, -0.25) is 0 Å². The van der Waals surface area contributed by atoms with Gasteiger partial charge in [-0.1, -0.05) is 51.3 Å². The molecule has 0 radical (unpaired) electrons. The standard InChI is InChI=1S/C13H25BOSi/c1-16(2,3)11-10-14-12-6-4-8-13(15-14)9-5-7-12/h10-13H,4-9H2,1-3H3/b11-10+. The molecule has 0 saturated carbocycles. The maximum atomic E-state index is 6.27. The predicted octanol–water partition coefficient (Wildman–Crippen LogP) is 4.07. The Labute approximate surface area is 102 Å². The lowest BCUT2D eigenvalue weighted by Gasteiger charge is -2.18. The van der Waals surface area contributed by atoms with Gasteiger partial charge in [-0.05, 0) is 18.7 Å². The molecule has 0 aromatic rings. The predicted molar refractivity (Wildman–Crippen MR) is 74.6 cm³/mol. The van der Waals surface area contributed by atoms with E-state index in [0.29, 0.717) is 13.0 Å². The summed E-state index contributed by atoms with van der Waals surface area (Å²) in [7, 11) is -1.06. The quantitative estimate of drug-likeness (QED) is 0.656. The van der Waals surface area contributed by atoms with Crippen molar-refractivity contribution in [2.24, 2.45) is 0 Å². The molecule has 90 valence electrons. The first kappa shape index (κ1) is 12.4. The summed E-state index contributed by atoms with van der Waals surface area (Å²) in [6, 6.07) is 0. The zero-order chi connectivity index (χ0) is 11.6. The molecule has 0 aliphatic carbocycles. The second-order valence-corrected chi connectivity index (χ2v) is 11.6. The van der Waals surface area contributed by atoms with Gasteiger partial charge in [0.05, 0.1) is 8.07 Å². The van der Waals surface area contributed by atoms with Gasteiger partial charge < -0.3 is 4.65 Å². The van der Waals surface area contributed by atoms with Crippen molar-refractivity contribution < 1.29 is 4.65 Å². The fraction of sp³-hybridized carbons (Fsp3) is 0.846. The molecule has 0 spiro atoms. The van der Waals surface area contributed by atoms with Crippen molar-refractivity contribution in [3.8, 4) is 0 Å². The van der Waals surface area contributed by atoms with Crippen LogP contribution in [-0.2, 0) is 4.65 Å². The Morgan fingerprint density at radius 1 is 1.06 bits per heavy atom. The van der Waals surface area contributed by atoms with E-state index >= 15 is 0 Å². The number of hydrogen-bond acceptors (Lipinski definition) is 1. The van der Waals surface area contributed by atoms with Crippen molar-refractivity contribution in [3.05, 3.63) is 11.7 Å². The van der Waals surface area contributed by atoms with E-state index in [9.17, 15) is 0 Å². The lowest BCUT2D eigenvalue weighted by molar-refractivity contribution is 0.191. The van der Waals surface area contributed by atoms with Crippen LogP contribution in [0.25, 0.3) is 0 Å². The summed E-state index contributed by atoms with van der Waals surface area (Å²) < 4.78 is 6.27. The van der Waals surface area contributed by atoms with Crippen LogP contribution in [0, 0.1) is 0 Å². The Balaban J connectivity index is 2.05. The van der Waals surface area contributed by atoms with Gasteiger partial charge in [-0.25, -0.2) is 0 Å². The molecule has 2 aliphatic rings. The third kappa shape index (κ3) is 3.49. The van der Waals surface area contributed by atoms with Gasteiger partial charge in [0.25, 0.3) is 0 Å². The minimum absolute atomic E-state index is 0.432. The monoisotopic (exact) mass is 236 g/mol. The molecule has 2 bridgehead atoms. The summed E-state index contributed by atoms with van der Waals surface area (Å²) in [5.74, 6) is 3.21. The lowest BCUT2D eigenvalue weighted by atomic mass is 9.54. The van der Waals surface area contributed by atoms with Gasteiger partial charge in [-0.2, -0.15) is 0 Å². The molecule has 3 heteroatoms. The molecule has 2 heterocycles. The average molecular weight is 236 g/mol. The molecule has 2 saturated heterocycles. The van der Waals surface area contributed by atoms with E-state index in [0.717, 1.165) is 5.82 Å². The molecular weight excluding hydrogens is 211 g/mol. The molecule has 0 amide bonds. The first-order chi connectivity index (χ1) is 7.54. The molecule has 2 fully saturated rings. The van der Waals surface area contributed by atoms with Crippen LogP contribution < -0.4 is 0 Å². The van der Waals surface area contributed by atoms with Crippen molar-refractivity contribution in [2.75, 3.05) is 0 Å². The highest BCUT2D eigenvalue weighted by molar-refractivity contribution is 6.82. The molecule has 0 unspecified atom stereocenters. The average Bonchev–Trinajstić information content (AvgIpc) is 2.43. The summed E-state index contributed by atoms with van der Waals surface area (Å²) in [5.41, 5.74) is 2.47. The topological polar surface area (TPSA) is 9.23 Å². The summed E-state index contributed by atoms with van der Waals surface area (Å²) in [6.45, 7) is 7.62. The summed E-state index contributed by atoms with van der Waals surface area (Å²) >= 11 is 0. The van der Waals surface area contributed by atoms with Gasteiger partial charge in [0.1, 0.15) is 0 Å². The van der Waals surface area contributed by atoms with Crippen LogP contribution >= 0.6 is 0 Å². The van der Waals surface area contributed by atoms with Crippen molar-refractivity contribution in [3.63, 3.8) is 0 Å². The molecule has 0 aromatic heterocycles. The summed E-state index contributed by atoms with van der Waals surface area (Å²) in [6.07, 6.45) is 8.69. The van der Waals surface area contributed by atoms with E-state index in [-0.39, 0.29) is 0 Å². The lowest BCUT2D eigenvalue weighted by Crippen LogP contribution is -2.26. The van der Waals surface area contributed by atoms with Crippen LogP contribution in [0.2, 0.25) is 25.5 Å². The van der Waals surface area contributed by atoms with E-state index in [2.05, 4.69) is 31.3 Å². The van der Waals surface area contributed by atoms with Gasteiger partial charge in [0, 0.05) is 6.10 Å². The number of fused-ring (bicyclic) bond motifs is 3. The van der Waals surface area contributed by atoms with Crippen LogP contribution in [0.5, 0.6) is 0 Å². The molecule has 0 aromatic carbocycles. The van der Waals surface area contributed by atoms with Crippen molar-refractivity contribution in [1.82, 2.24) is 0 Å². The number of rotatable bonds is 2. The second-order valence-electron chi connectivity index (χ2n) is 6.57. The van der Waals surface area contributed by atoms with Crippen molar-refractivity contribution in [2.45, 2.75) is 70.1 Å². The van der Waals surface area contributed by atoms with Crippen molar-refractivity contribution >= 4 is 15.0 Å². The molecule has 0 N–H and O–H groups in total. The minimum atomic E-state index is -1.06. The SMILES string of the molecule is C[Si](C)(C)/C=C/B1OC2CCCC1CCC2. The van der Waals surface area contributed by atoms with Crippen molar-refractivity contribution in [1.29, 1.82) is 0 Å². The zero-order valence-electron chi connectivity index (χ0n) is 11.0. The second kappa shape index (κ2) is 5.09. The highest BCUT2D eigenvalue weighted by atomic mass is 28.3. The first-order valence-electron chi connectivity index (χ1n) is 6.89. The van der Waals surface area contributed by atoms with Crippen LogP contribution in [-0.4, -0.2) is 21.1 Å². The van der Waals surface area contributed by atoms with E-state index in [1.54, 1.807) is 0 Å². The van der Waals surface area contributed by atoms with E-state index in [4.69, 9.17) is 4.65 Å². The molecular formula is C13H25BOSi. The third-order valence-electron chi connectivity index (χ3n) is 3.80. The highest BCUT2D eigenvalue weighted by Crippen LogP contribution is 2.36. The normalized spacial score (nSPS) is 31.8. The maximum absolute atomic E-state index is 6.27. The third-order valence-corrected chi connectivity index (χ3v) is 4.99. The molecule has 0 atom stereocenters. The zero-order valence-corrected chi connectivity index (χ0v) is 12.0. The Morgan fingerprint density at radius 2 is 1.69 bits per heavy atom. The number of hydrogen-bond donors (Lipinski definition) is 0. The molecule has 2 aliphatic heterocycles. The minimum Gasteiger partial charge on any atom is -0.428 e. The smallest absolute Gasteiger partial charge is 0.322 e.